The van der Waals surface area contributed by atoms with E-state index in [0.717, 1.165) is 25.1 Å². The van der Waals surface area contributed by atoms with Gasteiger partial charge in [0.15, 0.2) is 11.7 Å². The summed E-state index contributed by atoms with van der Waals surface area (Å²) in [5, 5.41) is 2.97. The van der Waals surface area contributed by atoms with Gasteiger partial charge in [-0.15, -0.1) is 0 Å². The van der Waals surface area contributed by atoms with E-state index >= 15 is 0 Å². The highest BCUT2D eigenvalue weighted by Crippen LogP contribution is 2.34. The second-order valence-electron chi connectivity index (χ2n) is 4.52. The summed E-state index contributed by atoms with van der Waals surface area (Å²) in [4.78, 5) is 4.01. The predicted octanol–water partition coefficient (Wildman–Crippen LogP) is 3.65. The van der Waals surface area contributed by atoms with Crippen molar-refractivity contribution in [2.45, 2.75) is 19.0 Å². The molecule has 0 saturated carbocycles. The lowest BCUT2D eigenvalue weighted by Crippen LogP contribution is -2.08. The molecule has 0 saturated heterocycles. The lowest BCUT2D eigenvalue weighted by atomic mass is 10.1. The molecule has 1 N–H and O–H groups in total. The van der Waals surface area contributed by atoms with Crippen molar-refractivity contribution in [2.75, 3.05) is 13.6 Å². The molecule has 0 aliphatic carbocycles. The van der Waals surface area contributed by atoms with E-state index in [4.69, 9.17) is 4.42 Å². The van der Waals surface area contributed by atoms with Crippen molar-refractivity contribution in [2.24, 2.45) is 0 Å². The van der Waals surface area contributed by atoms with Gasteiger partial charge in [-0.1, -0.05) is 0 Å². The topological polar surface area (TPSA) is 38.1 Å². The molecule has 114 valence electrons. The Morgan fingerprint density at radius 3 is 2.71 bits per heavy atom. The Morgan fingerprint density at radius 1 is 1.29 bits per heavy atom. The molecule has 2 aromatic rings. The van der Waals surface area contributed by atoms with E-state index in [1.807, 2.05) is 7.05 Å². The van der Waals surface area contributed by atoms with Gasteiger partial charge in [-0.2, -0.15) is 13.2 Å². The molecule has 1 heterocycles. The minimum absolute atomic E-state index is 0.149. The van der Waals surface area contributed by atoms with Gasteiger partial charge in [0.2, 0.25) is 0 Å². The molecule has 21 heavy (non-hydrogen) atoms. The van der Waals surface area contributed by atoms with E-state index in [0.29, 0.717) is 12.3 Å². The Bertz CT molecular complexity index is 607. The molecule has 0 fully saturated rings. The van der Waals surface area contributed by atoms with Gasteiger partial charge in [0, 0.05) is 12.0 Å². The summed E-state index contributed by atoms with van der Waals surface area (Å²) in [6.45, 7) is 0.784. The smallest absolute Gasteiger partial charge is 0.419 e. The maximum Gasteiger partial charge on any atom is 0.419 e. The first-order valence-corrected chi connectivity index (χ1v) is 6.38. The number of aryl methyl sites for hydroxylation is 1. The van der Waals surface area contributed by atoms with Gasteiger partial charge < -0.3 is 9.73 Å². The number of hydrogen-bond acceptors (Lipinski definition) is 3. The van der Waals surface area contributed by atoms with E-state index < -0.39 is 17.6 Å². The number of alkyl halides is 3. The first-order valence-electron chi connectivity index (χ1n) is 6.38. The van der Waals surface area contributed by atoms with E-state index in [1.54, 1.807) is 0 Å². The van der Waals surface area contributed by atoms with Gasteiger partial charge in [0.05, 0.1) is 11.8 Å². The quantitative estimate of drug-likeness (QED) is 0.677. The number of hydrogen-bond donors (Lipinski definition) is 1. The highest BCUT2D eigenvalue weighted by molar-refractivity contribution is 5.58. The Kier molecular flexibility index (Phi) is 4.62. The molecule has 1 aromatic carbocycles. The molecule has 0 bridgehead atoms. The zero-order valence-corrected chi connectivity index (χ0v) is 11.3. The van der Waals surface area contributed by atoms with E-state index in [2.05, 4.69) is 10.3 Å². The lowest BCUT2D eigenvalue weighted by Gasteiger charge is -2.08. The van der Waals surface area contributed by atoms with Crippen LogP contribution in [0.25, 0.3) is 11.3 Å². The molecular formula is C14H14F4N2O. The van der Waals surface area contributed by atoms with Crippen LogP contribution in [0, 0.1) is 5.82 Å². The Morgan fingerprint density at radius 2 is 2.05 bits per heavy atom. The second-order valence-corrected chi connectivity index (χ2v) is 4.52. The molecule has 0 radical (unpaired) electrons. The fraction of sp³-hybridized carbons (Fsp3) is 0.357. The summed E-state index contributed by atoms with van der Waals surface area (Å²) in [6, 6.07) is 2.75. The number of nitrogens with zero attached hydrogens (tertiary/aromatic N) is 1. The van der Waals surface area contributed by atoms with E-state index in [1.165, 1.54) is 12.3 Å². The predicted molar refractivity (Wildman–Crippen MR) is 69.1 cm³/mol. The summed E-state index contributed by atoms with van der Waals surface area (Å²) in [5.41, 5.74) is -1.16. The molecule has 0 aliphatic rings. The lowest BCUT2D eigenvalue weighted by molar-refractivity contribution is -0.139. The van der Waals surface area contributed by atoms with Gasteiger partial charge in [0.25, 0.3) is 0 Å². The molecule has 0 aliphatic heterocycles. The van der Waals surface area contributed by atoms with Gasteiger partial charge in [-0.05, 0) is 38.2 Å². The van der Waals surface area contributed by atoms with Crippen molar-refractivity contribution in [3.05, 3.63) is 41.7 Å². The van der Waals surface area contributed by atoms with Crippen LogP contribution in [0.1, 0.15) is 17.9 Å². The van der Waals surface area contributed by atoms with Gasteiger partial charge in [0.1, 0.15) is 5.82 Å². The van der Waals surface area contributed by atoms with Gasteiger partial charge in [-0.25, -0.2) is 9.37 Å². The van der Waals surface area contributed by atoms with Crippen molar-refractivity contribution >= 4 is 0 Å². The first-order chi connectivity index (χ1) is 9.91. The summed E-state index contributed by atoms with van der Waals surface area (Å²) in [5.74, 6) is -0.668. The third-order valence-corrected chi connectivity index (χ3v) is 2.93. The highest BCUT2D eigenvalue weighted by atomic mass is 19.4. The number of rotatable bonds is 5. The number of nitrogens with one attached hydrogen (secondary N) is 1. The average molecular weight is 302 g/mol. The molecule has 0 amide bonds. The number of aromatic nitrogens is 1. The van der Waals surface area contributed by atoms with Crippen LogP contribution in [0.4, 0.5) is 17.6 Å². The van der Waals surface area contributed by atoms with Crippen LogP contribution in [0.15, 0.2) is 28.8 Å². The van der Waals surface area contributed by atoms with Crippen LogP contribution < -0.4 is 5.32 Å². The Labute approximate surface area is 119 Å². The van der Waals surface area contributed by atoms with Crippen molar-refractivity contribution in [3.8, 4) is 11.3 Å². The van der Waals surface area contributed by atoms with E-state index in [-0.39, 0.29) is 11.3 Å². The first kappa shape index (κ1) is 15.5. The number of benzene rings is 1. The molecule has 0 unspecified atom stereocenters. The summed E-state index contributed by atoms with van der Waals surface area (Å²) >= 11 is 0. The van der Waals surface area contributed by atoms with Gasteiger partial charge >= 0.3 is 6.18 Å². The van der Waals surface area contributed by atoms with Gasteiger partial charge in [-0.3, -0.25) is 0 Å². The normalized spacial score (nSPS) is 11.9. The molecule has 3 nitrogen and oxygen atoms in total. The highest BCUT2D eigenvalue weighted by Gasteiger charge is 2.34. The molecule has 2 rings (SSSR count). The van der Waals surface area contributed by atoms with E-state index in [9.17, 15) is 17.6 Å². The average Bonchev–Trinajstić information content (AvgIpc) is 2.87. The largest absolute Gasteiger partial charge is 0.441 e. The zero-order valence-electron chi connectivity index (χ0n) is 11.3. The maximum absolute atomic E-state index is 13.2. The fourth-order valence-corrected chi connectivity index (χ4v) is 1.87. The Hall–Kier alpha value is -1.89. The third-order valence-electron chi connectivity index (χ3n) is 2.93. The maximum atomic E-state index is 13.2. The minimum Gasteiger partial charge on any atom is -0.441 e. The molecular weight excluding hydrogens is 288 g/mol. The zero-order chi connectivity index (χ0) is 15.5. The van der Waals surface area contributed by atoms with Crippen LogP contribution >= 0.6 is 0 Å². The minimum atomic E-state index is -4.74. The summed E-state index contributed by atoms with van der Waals surface area (Å²) in [6.07, 6.45) is -2.01. The Balaban J connectivity index is 2.22. The summed E-state index contributed by atoms with van der Waals surface area (Å²) < 4.78 is 56.6. The number of halogens is 4. The van der Waals surface area contributed by atoms with Crippen LogP contribution in [0.2, 0.25) is 0 Å². The molecule has 0 atom stereocenters. The number of oxazole rings is 1. The SMILES string of the molecule is CNCCCc1ncc(-c2ccc(F)c(C(F)(F)F)c2)o1. The van der Waals surface area contributed by atoms with Crippen LogP contribution in [0.5, 0.6) is 0 Å². The van der Waals surface area contributed by atoms with Crippen molar-refractivity contribution in [1.29, 1.82) is 0 Å². The second kappa shape index (κ2) is 6.26. The van der Waals surface area contributed by atoms with Crippen molar-refractivity contribution < 1.29 is 22.0 Å². The monoisotopic (exact) mass is 302 g/mol. The van der Waals surface area contributed by atoms with Crippen LogP contribution in [-0.4, -0.2) is 18.6 Å². The third kappa shape index (κ3) is 3.81. The van der Waals surface area contributed by atoms with Crippen molar-refractivity contribution in [3.63, 3.8) is 0 Å². The summed E-state index contributed by atoms with van der Waals surface area (Å²) in [7, 11) is 1.82. The van der Waals surface area contributed by atoms with Crippen LogP contribution in [-0.2, 0) is 12.6 Å². The molecule has 1 aromatic heterocycles. The molecule has 0 spiro atoms. The fourth-order valence-electron chi connectivity index (χ4n) is 1.87. The molecule has 7 heteroatoms. The standard InChI is InChI=1S/C14H14F4N2O/c1-19-6-2-3-13-20-8-12(21-13)9-4-5-11(15)10(7-9)14(16,17)18/h4-5,7-8,19H,2-3,6H2,1H3. The van der Waals surface area contributed by atoms with Crippen molar-refractivity contribution in [1.82, 2.24) is 10.3 Å². The van der Waals surface area contributed by atoms with Crippen LogP contribution in [0.3, 0.4) is 0 Å².